The third-order valence-electron chi connectivity index (χ3n) is 4.90. The normalized spacial score (nSPS) is 40.7. The monoisotopic (exact) mass is 452 g/mol. The van der Waals surface area contributed by atoms with Crippen LogP contribution in [0.15, 0.2) is 5.11 Å². The lowest BCUT2D eigenvalue weighted by Gasteiger charge is -2.47. The minimum absolute atomic E-state index is 0.0859. The molecule has 0 bridgehead atoms. The van der Waals surface area contributed by atoms with E-state index >= 15 is 0 Å². The van der Waals surface area contributed by atoms with Gasteiger partial charge in [0, 0.05) is 18.4 Å². The second-order valence-electron chi connectivity index (χ2n) is 7.07. The number of nitrogens with zero attached hydrogens (tertiary/aromatic N) is 3. The molecule has 0 aromatic rings. The van der Waals surface area contributed by atoms with E-state index in [-0.39, 0.29) is 13.2 Å². The van der Waals surface area contributed by atoms with E-state index < -0.39 is 80.5 Å². The molecule has 2 saturated heterocycles. The molecule has 178 valence electrons. The van der Waals surface area contributed by atoms with Gasteiger partial charge in [-0.25, -0.2) is 0 Å². The van der Waals surface area contributed by atoms with Crippen LogP contribution in [0.25, 0.3) is 10.4 Å². The van der Waals surface area contributed by atoms with Crippen molar-refractivity contribution in [1.82, 2.24) is 5.32 Å². The first-order valence-corrected chi connectivity index (χ1v) is 9.55. The van der Waals surface area contributed by atoms with Gasteiger partial charge in [0.15, 0.2) is 12.6 Å². The van der Waals surface area contributed by atoms with Crippen LogP contribution in [0.1, 0.15) is 6.92 Å². The Labute approximate surface area is 176 Å². The fourth-order valence-electron chi connectivity index (χ4n) is 3.33. The van der Waals surface area contributed by atoms with Crippen LogP contribution in [0.3, 0.4) is 0 Å². The predicted octanol–water partition coefficient (Wildman–Crippen LogP) is -3.92. The third kappa shape index (κ3) is 6.21. The van der Waals surface area contributed by atoms with Crippen LogP contribution < -0.4 is 5.32 Å². The maximum Gasteiger partial charge on any atom is 0.217 e. The summed E-state index contributed by atoms with van der Waals surface area (Å²) in [6.07, 6.45) is -13.2. The zero-order valence-electron chi connectivity index (χ0n) is 16.7. The SMILES string of the molecule is CC(=O)NC1C(OC2C(OCCN=[N+]=[N-])OC(CO)C(O)C2O)OC(CO)C(O)C1O. The lowest BCUT2D eigenvalue weighted by atomic mass is 9.95. The minimum atomic E-state index is -1.66. The number of carbonyl (C=O) groups is 1. The summed E-state index contributed by atoms with van der Waals surface area (Å²) in [6.45, 7) is -0.415. The number of rotatable bonds is 9. The van der Waals surface area contributed by atoms with Crippen LogP contribution in [-0.4, -0.2) is 124 Å². The molecule has 2 heterocycles. The summed E-state index contributed by atoms with van der Waals surface area (Å²) >= 11 is 0. The van der Waals surface area contributed by atoms with Crippen molar-refractivity contribution < 1.29 is 54.4 Å². The fourth-order valence-corrected chi connectivity index (χ4v) is 3.33. The molecule has 0 radical (unpaired) electrons. The van der Waals surface area contributed by atoms with Gasteiger partial charge in [-0.05, 0) is 5.53 Å². The van der Waals surface area contributed by atoms with E-state index in [0.717, 1.165) is 6.92 Å². The van der Waals surface area contributed by atoms with Gasteiger partial charge in [0.2, 0.25) is 5.91 Å². The Balaban J connectivity index is 2.24. The molecule has 2 aliphatic heterocycles. The highest BCUT2D eigenvalue weighted by atomic mass is 16.7. The first-order valence-electron chi connectivity index (χ1n) is 9.55. The number of nitrogens with one attached hydrogen (secondary N) is 1. The van der Waals surface area contributed by atoms with Gasteiger partial charge in [-0.2, -0.15) is 0 Å². The van der Waals surface area contributed by atoms with E-state index in [4.69, 9.17) is 24.5 Å². The van der Waals surface area contributed by atoms with Crippen molar-refractivity contribution in [3.05, 3.63) is 10.4 Å². The van der Waals surface area contributed by atoms with E-state index in [1.54, 1.807) is 0 Å². The molecule has 0 aromatic heterocycles. The Hall–Kier alpha value is -1.62. The van der Waals surface area contributed by atoms with Crippen LogP contribution in [0.2, 0.25) is 0 Å². The predicted molar refractivity (Wildman–Crippen MR) is 98.0 cm³/mol. The molecule has 0 aliphatic carbocycles. The molecule has 15 heteroatoms. The third-order valence-corrected chi connectivity index (χ3v) is 4.90. The minimum Gasteiger partial charge on any atom is -0.394 e. The van der Waals surface area contributed by atoms with Crippen LogP contribution in [0, 0.1) is 0 Å². The number of azide groups is 1. The first-order chi connectivity index (χ1) is 14.7. The molecule has 10 unspecified atom stereocenters. The highest BCUT2D eigenvalue weighted by Crippen LogP contribution is 2.29. The lowest BCUT2D eigenvalue weighted by Crippen LogP contribution is -2.67. The van der Waals surface area contributed by atoms with E-state index in [9.17, 15) is 35.4 Å². The van der Waals surface area contributed by atoms with Crippen molar-refractivity contribution in [2.75, 3.05) is 26.4 Å². The smallest absolute Gasteiger partial charge is 0.217 e. The van der Waals surface area contributed by atoms with Gasteiger partial charge >= 0.3 is 0 Å². The molecule has 0 spiro atoms. The van der Waals surface area contributed by atoms with Crippen LogP contribution in [0.4, 0.5) is 0 Å². The van der Waals surface area contributed by atoms with Crippen LogP contribution >= 0.6 is 0 Å². The van der Waals surface area contributed by atoms with Crippen molar-refractivity contribution in [3.8, 4) is 0 Å². The molecule has 2 aliphatic rings. The summed E-state index contributed by atoms with van der Waals surface area (Å²) < 4.78 is 22.0. The summed E-state index contributed by atoms with van der Waals surface area (Å²) in [5.74, 6) is -0.584. The molecule has 0 saturated carbocycles. The number of amides is 1. The maximum atomic E-state index is 11.5. The molecule has 10 atom stereocenters. The van der Waals surface area contributed by atoms with E-state index in [0.29, 0.717) is 0 Å². The Morgan fingerprint density at radius 1 is 1.03 bits per heavy atom. The fraction of sp³-hybridized carbons (Fsp3) is 0.938. The summed E-state index contributed by atoms with van der Waals surface area (Å²) in [6, 6.07) is -1.31. The zero-order valence-corrected chi connectivity index (χ0v) is 16.7. The van der Waals surface area contributed by atoms with E-state index in [1.165, 1.54) is 0 Å². The summed E-state index contributed by atoms with van der Waals surface area (Å²) in [5, 5.41) is 65.6. The van der Waals surface area contributed by atoms with Crippen LogP contribution in [0.5, 0.6) is 0 Å². The second kappa shape index (κ2) is 11.8. The Kier molecular flexibility index (Phi) is 9.80. The Morgan fingerprint density at radius 2 is 1.61 bits per heavy atom. The van der Waals surface area contributed by atoms with Gasteiger partial charge < -0.3 is 54.9 Å². The van der Waals surface area contributed by atoms with E-state index in [1.807, 2.05) is 0 Å². The standard InChI is InChI=1S/C16H28N4O11/c1-6(23)19-9-12(26)10(24)7(4-21)29-15(9)31-14-13(27)11(25)8(5-22)30-16(14)28-3-2-18-20-17/h7-16,21-22,24-27H,2-5H2,1H3,(H,19,23). The molecular weight excluding hydrogens is 424 g/mol. The van der Waals surface area contributed by atoms with E-state index in [2.05, 4.69) is 15.3 Å². The number of carbonyl (C=O) groups excluding carboxylic acids is 1. The quantitative estimate of drug-likeness (QED) is 0.0772. The van der Waals surface area contributed by atoms with Gasteiger partial charge in [0.1, 0.15) is 48.8 Å². The van der Waals surface area contributed by atoms with Gasteiger partial charge in [-0.3, -0.25) is 4.79 Å². The van der Waals surface area contributed by atoms with Gasteiger partial charge in [-0.1, -0.05) is 5.11 Å². The lowest BCUT2D eigenvalue weighted by molar-refractivity contribution is -0.354. The number of hydrogen-bond donors (Lipinski definition) is 7. The average Bonchev–Trinajstić information content (AvgIpc) is 2.74. The molecule has 2 fully saturated rings. The highest BCUT2D eigenvalue weighted by Gasteiger charge is 2.51. The number of aliphatic hydroxyl groups excluding tert-OH is 6. The summed E-state index contributed by atoms with van der Waals surface area (Å²) in [7, 11) is 0. The molecule has 2 rings (SSSR count). The summed E-state index contributed by atoms with van der Waals surface area (Å²) in [5.41, 5.74) is 8.35. The second-order valence-corrected chi connectivity index (χ2v) is 7.07. The molecular formula is C16H28N4O11. The Morgan fingerprint density at radius 3 is 2.16 bits per heavy atom. The molecule has 0 aromatic carbocycles. The number of ether oxygens (including phenoxy) is 4. The van der Waals surface area contributed by atoms with Crippen molar-refractivity contribution in [2.24, 2.45) is 5.11 Å². The summed E-state index contributed by atoms with van der Waals surface area (Å²) in [4.78, 5) is 14.1. The number of hydrogen-bond acceptors (Lipinski definition) is 12. The molecule has 31 heavy (non-hydrogen) atoms. The Bertz CT molecular complexity index is 637. The zero-order chi connectivity index (χ0) is 23.1. The average molecular weight is 452 g/mol. The highest BCUT2D eigenvalue weighted by molar-refractivity contribution is 5.73. The van der Waals surface area contributed by atoms with Crippen LogP contribution in [-0.2, 0) is 23.7 Å². The van der Waals surface area contributed by atoms with Crippen molar-refractivity contribution in [2.45, 2.75) is 68.3 Å². The molecule has 7 N–H and O–H groups in total. The molecule has 15 nitrogen and oxygen atoms in total. The maximum absolute atomic E-state index is 11.5. The van der Waals surface area contributed by atoms with Gasteiger partial charge in [0.25, 0.3) is 0 Å². The molecule has 1 amide bonds. The van der Waals surface area contributed by atoms with Gasteiger partial charge in [-0.15, -0.1) is 0 Å². The van der Waals surface area contributed by atoms with Crippen molar-refractivity contribution in [3.63, 3.8) is 0 Å². The first kappa shape index (κ1) is 25.6. The van der Waals surface area contributed by atoms with Crippen molar-refractivity contribution >= 4 is 5.91 Å². The largest absolute Gasteiger partial charge is 0.394 e. The topological polar surface area (TPSA) is 236 Å². The van der Waals surface area contributed by atoms with Gasteiger partial charge in [0.05, 0.1) is 19.8 Å². The number of aliphatic hydroxyl groups is 6. The van der Waals surface area contributed by atoms with Crippen molar-refractivity contribution in [1.29, 1.82) is 0 Å².